The molecule has 0 aliphatic heterocycles. The van der Waals surface area contributed by atoms with Crippen LogP contribution in [0.15, 0.2) is 48.5 Å². The number of amides is 1. The molecule has 2 aromatic carbocycles. The fourth-order valence-corrected chi connectivity index (χ4v) is 2.52. The fraction of sp³-hybridized carbons (Fsp3) is 0.222. The van der Waals surface area contributed by atoms with Crippen molar-refractivity contribution in [3.05, 3.63) is 60.2 Å². The Bertz CT molecular complexity index is 843. The van der Waals surface area contributed by atoms with Crippen LogP contribution in [0.4, 0.5) is 4.39 Å². The Balaban J connectivity index is 1.49. The molecule has 6 heteroatoms. The van der Waals surface area contributed by atoms with Gasteiger partial charge in [-0.3, -0.25) is 4.79 Å². The summed E-state index contributed by atoms with van der Waals surface area (Å²) in [4.78, 5) is 16.3. The maximum absolute atomic E-state index is 12.8. The van der Waals surface area contributed by atoms with E-state index in [0.717, 1.165) is 16.9 Å². The monoisotopic (exact) mass is 327 g/mol. The standard InChI is InChI=1S/C18H18FN3O2/c1-13-21-16-4-2-3-5-17(16)22(13)11-10-20-18(23)12-24-15-8-6-14(19)7-9-15/h2-9H,10-12H2,1H3,(H,20,23). The van der Waals surface area contributed by atoms with Crippen LogP contribution in [0.5, 0.6) is 5.75 Å². The minimum atomic E-state index is -0.338. The summed E-state index contributed by atoms with van der Waals surface area (Å²) in [5.41, 5.74) is 1.99. The second-order valence-electron chi connectivity index (χ2n) is 5.39. The molecule has 5 nitrogen and oxygen atoms in total. The van der Waals surface area contributed by atoms with Crippen LogP contribution in [-0.4, -0.2) is 28.6 Å². The zero-order valence-electron chi connectivity index (χ0n) is 13.3. The molecule has 0 spiro atoms. The highest BCUT2D eigenvalue weighted by Gasteiger charge is 2.07. The van der Waals surface area contributed by atoms with E-state index in [0.29, 0.717) is 18.8 Å². The molecule has 0 radical (unpaired) electrons. The van der Waals surface area contributed by atoms with Gasteiger partial charge in [-0.25, -0.2) is 9.37 Å². The largest absolute Gasteiger partial charge is 0.484 e. The Kier molecular flexibility index (Phi) is 4.74. The minimum Gasteiger partial charge on any atom is -0.484 e. The van der Waals surface area contributed by atoms with Gasteiger partial charge in [0.25, 0.3) is 5.91 Å². The Morgan fingerprint density at radius 2 is 1.96 bits per heavy atom. The van der Waals surface area contributed by atoms with Crippen LogP contribution in [0.25, 0.3) is 11.0 Å². The Morgan fingerprint density at radius 1 is 1.21 bits per heavy atom. The number of para-hydroxylation sites is 2. The lowest BCUT2D eigenvalue weighted by Crippen LogP contribution is -2.31. The van der Waals surface area contributed by atoms with E-state index in [4.69, 9.17) is 4.74 Å². The average molecular weight is 327 g/mol. The summed E-state index contributed by atoms with van der Waals surface area (Å²) in [7, 11) is 0. The molecule has 0 atom stereocenters. The van der Waals surface area contributed by atoms with E-state index in [-0.39, 0.29) is 18.3 Å². The smallest absolute Gasteiger partial charge is 0.258 e. The molecule has 1 amide bonds. The average Bonchev–Trinajstić information content (AvgIpc) is 2.90. The van der Waals surface area contributed by atoms with E-state index in [1.165, 1.54) is 24.3 Å². The van der Waals surface area contributed by atoms with Crippen molar-refractivity contribution >= 4 is 16.9 Å². The third-order valence-electron chi connectivity index (χ3n) is 3.69. The number of nitrogens with one attached hydrogen (secondary N) is 1. The van der Waals surface area contributed by atoms with E-state index < -0.39 is 0 Å². The second-order valence-corrected chi connectivity index (χ2v) is 5.39. The van der Waals surface area contributed by atoms with Crippen molar-refractivity contribution in [3.8, 4) is 5.75 Å². The van der Waals surface area contributed by atoms with Gasteiger partial charge in [0.15, 0.2) is 6.61 Å². The number of fused-ring (bicyclic) bond motifs is 1. The van der Waals surface area contributed by atoms with Gasteiger partial charge in [-0.05, 0) is 43.3 Å². The maximum Gasteiger partial charge on any atom is 0.258 e. The lowest BCUT2D eigenvalue weighted by Gasteiger charge is -2.09. The Hall–Kier alpha value is -2.89. The van der Waals surface area contributed by atoms with Crippen molar-refractivity contribution in [3.63, 3.8) is 0 Å². The van der Waals surface area contributed by atoms with Crippen LogP contribution in [0.3, 0.4) is 0 Å². The molecule has 0 fully saturated rings. The number of imidazole rings is 1. The summed E-state index contributed by atoms with van der Waals surface area (Å²) in [6, 6.07) is 13.5. The van der Waals surface area contributed by atoms with Crippen molar-refractivity contribution in [1.82, 2.24) is 14.9 Å². The topological polar surface area (TPSA) is 56.2 Å². The van der Waals surface area contributed by atoms with Crippen LogP contribution in [0.2, 0.25) is 0 Å². The first-order valence-corrected chi connectivity index (χ1v) is 7.70. The molecular formula is C18H18FN3O2. The summed E-state index contributed by atoms with van der Waals surface area (Å²) in [6.45, 7) is 2.95. The molecule has 1 N–H and O–H groups in total. The first-order chi connectivity index (χ1) is 11.6. The number of rotatable bonds is 6. The van der Waals surface area contributed by atoms with Crippen molar-refractivity contribution in [2.45, 2.75) is 13.5 Å². The number of halogens is 1. The number of carbonyl (C=O) groups excluding carboxylic acids is 1. The van der Waals surface area contributed by atoms with Gasteiger partial charge < -0.3 is 14.6 Å². The van der Waals surface area contributed by atoms with Crippen LogP contribution < -0.4 is 10.1 Å². The number of hydrogen-bond acceptors (Lipinski definition) is 3. The number of carbonyl (C=O) groups is 1. The normalized spacial score (nSPS) is 10.8. The van der Waals surface area contributed by atoms with E-state index in [2.05, 4.69) is 14.9 Å². The highest BCUT2D eigenvalue weighted by atomic mass is 19.1. The zero-order chi connectivity index (χ0) is 16.9. The number of hydrogen-bond donors (Lipinski definition) is 1. The van der Waals surface area contributed by atoms with Crippen LogP contribution >= 0.6 is 0 Å². The van der Waals surface area contributed by atoms with Crippen LogP contribution in [-0.2, 0) is 11.3 Å². The number of benzene rings is 2. The summed E-state index contributed by atoms with van der Waals surface area (Å²) in [5.74, 6) is 0.812. The van der Waals surface area contributed by atoms with Crippen molar-refractivity contribution < 1.29 is 13.9 Å². The molecule has 124 valence electrons. The third-order valence-corrected chi connectivity index (χ3v) is 3.69. The molecule has 0 unspecified atom stereocenters. The van der Waals surface area contributed by atoms with Gasteiger partial charge in [-0.2, -0.15) is 0 Å². The lowest BCUT2D eigenvalue weighted by atomic mass is 10.3. The van der Waals surface area contributed by atoms with E-state index in [1.807, 2.05) is 31.2 Å². The SMILES string of the molecule is Cc1nc2ccccc2n1CCNC(=O)COc1ccc(F)cc1. The zero-order valence-corrected chi connectivity index (χ0v) is 13.3. The molecule has 3 rings (SSSR count). The molecular weight excluding hydrogens is 309 g/mol. The Morgan fingerprint density at radius 3 is 2.75 bits per heavy atom. The summed E-state index contributed by atoms with van der Waals surface area (Å²) in [6.07, 6.45) is 0. The molecule has 0 aliphatic carbocycles. The highest BCUT2D eigenvalue weighted by Crippen LogP contribution is 2.14. The highest BCUT2D eigenvalue weighted by molar-refractivity contribution is 5.77. The summed E-state index contributed by atoms with van der Waals surface area (Å²) in [5, 5.41) is 2.81. The van der Waals surface area contributed by atoms with Gasteiger partial charge in [-0.15, -0.1) is 0 Å². The number of aromatic nitrogens is 2. The van der Waals surface area contributed by atoms with Crippen molar-refractivity contribution in [1.29, 1.82) is 0 Å². The molecule has 1 heterocycles. The molecule has 3 aromatic rings. The van der Waals surface area contributed by atoms with Crippen LogP contribution in [0.1, 0.15) is 5.82 Å². The van der Waals surface area contributed by atoms with Crippen molar-refractivity contribution in [2.24, 2.45) is 0 Å². The fourth-order valence-electron chi connectivity index (χ4n) is 2.52. The third kappa shape index (κ3) is 3.71. The predicted octanol–water partition coefficient (Wildman–Crippen LogP) is 2.68. The van der Waals surface area contributed by atoms with Gasteiger partial charge in [0, 0.05) is 13.1 Å². The van der Waals surface area contributed by atoms with E-state index >= 15 is 0 Å². The molecule has 0 saturated carbocycles. The van der Waals surface area contributed by atoms with Gasteiger partial charge in [0.2, 0.25) is 0 Å². The first-order valence-electron chi connectivity index (χ1n) is 7.70. The number of nitrogens with zero attached hydrogens (tertiary/aromatic N) is 2. The summed E-state index contributed by atoms with van der Waals surface area (Å²) < 4.78 is 20.2. The lowest BCUT2D eigenvalue weighted by molar-refractivity contribution is -0.123. The maximum atomic E-state index is 12.8. The van der Waals surface area contributed by atoms with Gasteiger partial charge in [-0.1, -0.05) is 12.1 Å². The molecule has 0 aliphatic rings. The van der Waals surface area contributed by atoms with E-state index in [1.54, 1.807) is 0 Å². The van der Waals surface area contributed by atoms with Gasteiger partial charge in [0.05, 0.1) is 11.0 Å². The quantitative estimate of drug-likeness (QED) is 0.757. The van der Waals surface area contributed by atoms with Gasteiger partial charge >= 0.3 is 0 Å². The first kappa shape index (κ1) is 16.0. The van der Waals surface area contributed by atoms with Gasteiger partial charge in [0.1, 0.15) is 17.4 Å². The minimum absolute atomic E-state index is 0.102. The number of ether oxygens (including phenoxy) is 1. The van der Waals surface area contributed by atoms with Crippen molar-refractivity contribution in [2.75, 3.05) is 13.2 Å². The molecule has 0 bridgehead atoms. The van der Waals surface area contributed by atoms with Crippen LogP contribution in [0, 0.1) is 12.7 Å². The summed E-state index contributed by atoms with van der Waals surface area (Å²) >= 11 is 0. The van der Waals surface area contributed by atoms with E-state index in [9.17, 15) is 9.18 Å². The molecule has 24 heavy (non-hydrogen) atoms. The number of aryl methyl sites for hydroxylation is 1. The Labute approximate surface area is 139 Å². The molecule has 0 saturated heterocycles. The predicted molar refractivity (Wildman–Crippen MR) is 89.4 cm³/mol. The molecule has 1 aromatic heterocycles. The second kappa shape index (κ2) is 7.12.